The van der Waals surface area contributed by atoms with Crippen LogP contribution in [0.5, 0.6) is 0 Å². The fraction of sp³-hybridized carbons (Fsp3) is 0.462. The lowest BCUT2D eigenvalue weighted by molar-refractivity contribution is 0.0950. The van der Waals surface area contributed by atoms with Gasteiger partial charge in [-0.05, 0) is 37.0 Å². The van der Waals surface area contributed by atoms with Gasteiger partial charge in [-0.2, -0.15) is 0 Å². The van der Waals surface area contributed by atoms with Gasteiger partial charge in [0.25, 0.3) is 5.91 Å². The van der Waals surface area contributed by atoms with Crippen LogP contribution in [0.15, 0.2) is 23.1 Å². The van der Waals surface area contributed by atoms with Crippen LogP contribution in [0.2, 0.25) is 5.02 Å². The molecule has 1 heterocycles. The maximum atomic E-state index is 12.1. The number of benzene rings is 1. The van der Waals surface area contributed by atoms with Crippen molar-refractivity contribution in [1.29, 1.82) is 0 Å². The summed E-state index contributed by atoms with van der Waals surface area (Å²) in [5, 5.41) is 7.96. The molecule has 116 valence electrons. The number of hydrogen-bond donors (Lipinski definition) is 2. The van der Waals surface area contributed by atoms with E-state index < -0.39 is 15.9 Å². The summed E-state index contributed by atoms with van der Waals surface area (Å²) in [5.74, 6) is 0.0425. The van der Waals surface area contributed by atoms with Gasteiger partial charge in [0.1, 0.15) is 0 Å². The van der Waals surface area contributed by atoms with E-state index in [1.54, 1.807) is 0 Å². The van der Waals surface area contributed by atoms with Crippen LogP contribution in [0, 0.1) is 5.92 Å². The molecule has 8 heteroatoms. The third-order valence-corrected chi connectivity index (χ3v) is 4.61. The molecule has 1 aromatic carbocycles. The van der Waals surface area contributed by atoms with Crippen molar-refractivity contribution in [2.45, 2.75) is 17.7 Å². The molecule has 0 spiro atoms. The van der Waals surface area contributed by atoms with E-state index in [-0.39, 0.29) is 15.5 Å². The quantitative estimate of drug-likeness (QED) is 0.844. The van der Waals surface area contributed by atoms with E-state index in [2.05, 4.69) is 5.32 Å². The number of carbonyl (C=O) groups excluding carboxylic acids is 1. The molecular weight excluding hydrogens is 316 g/mol. The Morgan fingerprint density at radius 1 is 1.48 bits per heavy atom. The number of carbonyl (C=O) groups is 1. The molecule has 1 aliphatic heterocycles. The van der Waals surface area contributed by atoms with Gasteiger partial charge in [0.05, 0.1) is 15.5 Å². The molecule has 0 aliphatic carbocycles. The number of rotatable bonds is 5. The Labute approximate surface area is 128 Å². The molecule has 1 saturated heterocycles. The Balaban J connectivity index is 2.01. The second-order valence-corrected chi connectivity index (χ2v) is 6.93. The molecule has 21 heavy (non-hydrogen) atoms. The van der Waals surface area contributed by atoms with Gasteiger partial charge in [-0.15, -0.1) is 0 Å². The Morgan fingerprint density at radius 3 is 2.86 bits per heavy atom. The number of hydrogen-bond acceptors (Lipinski definition) is 4. The maximum Gasteiger partial charge on any atom is 0.252 e. The van der Waals surface area contributed by atoms with Crippen LogP contribution in [0.1, 0.15) is 23.2 Å². The summed E-state index contributed by atoms with van der Waals surface area (Å²) in [5.41, 5.74) is 0.103. The fourth-order valence-electron chi connectivity index (χ4n) is 2.15. The summed E-state index contributed by atoms with van der Waals surface area (Å²) in [7, 11) is -3.86. The predicted molar refractivity (Wildman–Crippen MR) is 78.7 cm³/mol. The molecule has 2 rings (SSSR count). The standard InChI is InChI=1S/C13H17ClN2O4S/c14-12-2-1-10(21(15,18)19)7-11(12)13(17)16-5-3-9-4-6-20-8-9/h1-2,7,9H,3-6,8H2,(H,16,17)(H2,15,18,19). The number of sulfonamides is 1. The Bertz CT molecular complexity index is 627. The molecule has 0 saturated carbocycles. The lowest BCUT2D eigenvalue weighted by atomic mass is 10.1. The van der Waals surface area contributed by atoms with E-state index in [1.165, 1.54) is 18.2 Å². The first kappa shape index (κ1) is 16.2. The van der Waals surface area contributed by atoms with Crippen LogP contribution >= 0.6 is 11.6 Å². The monoisotopic (exact) mass is 332 g/mol. The van der Waals surface area contributed by atoms with E-state index >= 15 is 0 Å². The summed E-state index contributed by atoms with van der Waals surface area (Å²) >= 11 is 5.93. The molecule has 0 radical (unpaired) electrons. The van der Waals surface area contributed by atoms with Crippen LogP contribution in [-0.4, -0.2) is 34.1 Å². The normalized spacial score (nSPS) is 18.7. The highest BCUT2D eigenvalue weighted by atomic mass is 35.5. The highest BCUT2D eigenvalue weighted by Crippen LogP contribution is 2.20. The first-order chi connectivity index (χ1) is 9.88. The Hall–Kier alpha value is -1.15. The van der Waals surface area contributed by atoms with Crippen LogP contribution in [0.4, 0.5) is 0 Å². The minimum Gasteiger partial charge on any atom is -0.381 e. The second-order valence-electron chi connectivity index (χ2n) is 4.96. The molecular formula is C13H17ClN2O4S. The third-order valence-electron chi connectivity index (χ3n) is 3.37. The van der Waals surface area contributed by atoms with Gasteiger partial charge in [-0.25, -0.2) is 13.6 Å². The average molecular weight is 333 g/mol. The highest BCUT2D eigenvalue weighted by molar-refractivity contribution is 7.89. The predicted octanol–water partition coefficient (Wildman–Crippen LogP) is 1.14. The molecule has 0 bridgehead atoms. The zero-order valence-corrected chi connectivity index (χ0v) is 12.9. The highest BCUT2D eigenvalue weighted by Gasteiger charge is 2.18. The van der Waals surface area contributed by atoms with Gasteiger partial charge >= 0.3 is 0 Å². The molecule has 1 fully saturated rings. The number of nitrogens with two attached hydrogens (primary N) is 1. The van der Waals surface area contributed by atoms with Crippen molar-refractivity contribution in [2.24, 2.45) is 11.1 Å². The van der Waals surface area contributed by atoms with Gasteiger partial charge in [-0.3, -0.25) is 4.79 Å². The van der Waals surface area contributed by atoms with Crippen molar-refractivity contribution in [1.82, 2.24) is 5.32 Å². The number of primary sulfonamides is 1. The maximum absolute atomic E-state index is 12.1. The summed E-state index contributed by atoms with van der Waals surface area (Å²) in [6, 6.07) is 3.80. The van der Waals surface area contributed by atoms with Crippen molar-refractivity contribution in [3.63, 3.8) is 0 Å². The van der Waals surface area contributed by atoms with Crippen LogP contribution in [0.3, 0.4) is 0 Å². The molecule has 1 atom stereocenters. The van der Waals surface area contributed by atoms with Crippen LogP contribution < -0.4 is 10.5 Å². The smallest absolute Gasteiger partial charge is 0.252 e. The Kier molecular flexibility index (Phi) is 5.21. The third kappa shape index (κ3) is 4.41. The SMILES string of the molecule is NS(=O)(=O)c1ccc(Cl)c(C(=O)NCCC2CCOC2)c1. The van der Waals surface area contributed by atoms with E-state index in [9.17, 15) is 13.2 Å². The van der Waals surface area contributed by atoms with Gasteiger partial charge in [-0.1, -0.05) is 11.6 Å². The molecule has 1 aliphatic rings. The summed E-state index contributed by atoms with van der Waals surface area (Å²) in [4.78, 5) is 11.9. The summed E-state index contributed by atoms with van der Waals surface area (Å²) in [6.07, 6.45) is 1.82. The van der Waals surface area contributed by atoms with Gasteiger partial charge in [0.15, 0.2) is 0 Å². The van der Waals surface area contributed by atoms with E-state index in [4.69, 9.17) is 21.5 Å². The number of ether oxygens (including phenoxy) is 1. The summed E-state index contributed by atoms with van der Waals surface area (Å²) < 4.78 is 27.8. The zero-order chi connectivity index (χ0) is 15.5. The first-order valence-corrected chi connectivity index (χ1v) is 8.48. The lowest BCUT2D eigenvalue weighted by Gasteiger charge is -2.10. The number of amides is 1. The van der Waals surface area contributed by atoms with Crippen molar-refractivity contribution in [3.05, 3.63) is 28.8 Å². The molecule has 1 unspecified atom stereocenters. The zero-order valence-electron chi connectivity index (χ0n) is 11.3. The largest absolute Gasteiger partial charge is 0.381 e. The minimum absolute atomic E-state index is 0.103. The fourth-order valence-corrected chi connectivity index (χ4v) is 2.89. The van der Waals surface area contributed by atoms with E-state index in [1.807, 2.05) is 0 Å². The molecule has 1 amide bonds. The van der Waals surface area contributed by atoms with Gasteiger partial charge in [0, 0.05) is 19.8 Å². The minimum atomic E-state index is -3.86. The van der Waals surface area contributed by atoms with Crippen LogP contribution in [0.25, 0.3) is 0 Å². The second kappa shape index (κ2) is 6.74. The van der Waals surface area contributed by atoms with Crippen molar-refractivity contribution in [2.75, 3.05) is 19.8 Å². The van der Waals surface area contributed by atoms with Crippen molar-refractivity contribution >= 4 is 27.5 Å². The van der Waals surface area contributed by atoms with Crippen molar-refractivity contribution < 1.29 is 17.9 Å². The van der Waals surface area contributed by atoms with Gasteiger partial charge in [0.2, 0.25) is 10.0 Å². The topological polar surface area (TPSA) is 98.5 Å². The molecule has 0 aromatic heterocycles. The van der Waals surface area contributed by atoms with E-state index in [0.717, 1.165) is 26.1 Å². The lowest BCUT2D eigenvalue weighted by Crippen LogP contribution is -2.26. The van der Waals surface area contributed by atoms with Crippen LogP contribution in [-0.2, 0) is 14.8 Å². The van der Waals surface area contributed by atoms with Gasteiger partial charge < -0.3 is 10.1 Å². The molecule has 6 nitrogen and oxygen atoms in total. The molecule has 3 N–H and O–H groups in total. The number of nitrogens with one attached hydrogen (secondary N) is 1. The number of halogens is 1. The van der Waals surface area contributed by atoms with E-state index in [0.29, 0.717) is 12.5 Å². The average Bonchev–Trinajstić information content (AvgIpc) is 2.91. The first-order valence-electron chi connectivity index (χ1n) is 6.56. The Morgan fingerprint density at radius 2 is 2.24 bits per heavy atom. The molecule has 1 aromatic rings. The summed E-state index contributed by atoms with van der Waals surface area (Å²) in [6.45, 7) is 1.97. The van der Waals surface area contributed by atoms with Crippen molar-refractivity contribution in [3.8, 4) is 0 Å².